The second-order valence-electron chi connectivity index (χ2n) is 6.83. The Bertz CT molecular complexity index is 409. The summed E-state index contributed by atoms with van der Waals surface area (Å²) in [6, 6.07) is 0. The Labute approximate surface area is 111 Å². The van der Waals surface area contributed by atoms with Crippen molar-refractivity contribution in [3.8, 4) is 0 Å². The molecule has 3 rings (SSSR count). The van der Waals surface area contributed by atoms with Gasteiger partial charge < -0.3 is 9.47 Å². The monoisotopic (exact) mass is 264 g/mol. The van der Waals surface area contributed by atoms with Crippen LogP contribution < -0.4 is 0 Å². The Balaban J connectivity index is 1.86. The minimum atomic E-state index is -1.32. The molecule has 1 spiro atoms. The van der Waals surface area contributed by atoms with E-state index in [-0.39, 0.29) is 5.79 Å². The normalized spacial score (nSPS) is 26.5. The highest BCUT2D eigenvalue weighted by Crippen LogP contribution is 2.47. The van der Waals surface area contributed by atoms with Crippen LogP contribution in [0, 0.1) is 0 Å². The fourth-order valence-electron chi connectivity index (χ4n) is 3.29. The van der Waals surface area contributed by atoms with Crippen LogP contribution in [0.1, 0.15) is 44.9 Å². The van der Waals surface area contributed by atoms with E-state index < -0.39 is 8.07 Å². The SMILES string of the molecule is C[Si](C)(C)C1=CCCC2=C1OC1(CCCCC1)O2. The van der Waals surface area contributed by atoms with Gasteiger partial charge in [0.15, 0.2) is 5.76 Å². The van der Waals surface area contributed by atoms with Crippen molar-refractivity contribution in [3.05, 3.63) is 22.8 Å². The summed E-state index contributed by atoms with van der Waals surface area (Å²) >= 11 is 0. The first-order valence-corrected chi connectivity index (χ1v) is 10.8. The molecule has 1 fully saturated rings. The van der Waals surface area contributed by atoms with Crippen molar-refractivity contribution in [3.63, 3.8) is 0 Å². The third-order valence-corrected chi connectivity index (χ3v) is 6.29. The van der Waals surface area contributed by atoms with Crippen molar-refractivity contribution in [2.75, 3.05) is 0 Å². The van der Waals surface area contributed by atoms with Crippen molar-refractivity contribution in [2.45, 2.75) is 70.4 Å². The number of allylic oxidation sites excluding steroid dienone is 3. The van der Waals surface area contributed by atoms with Gasteiger partial charge in [0.1, 0.15) is 5.76 Å². The Hall–Kier alpha value is -0.703. The van der Waals surface area contributed by atoms with Crippen molar-refractivity contribution >= 4 is 8.07 Å². The maximum Gasteiger partial charge on any atom is 0.251 e. The number of ether oxygens (including phenoxy) is 2. The molecular formula is C15H24O2Si. The van der Waals surface area contributed by atoms with Gasteiger partial charge in [-0.1, -0.05) is 32.1 Å². The van der Waals surface area contributed by atoms with Gasteiger partial charge in [-0.05, 0) is 24.5 Å². The molecule has 0 radical (unpaired) electrons. The molecule has 0 unspecified atom stereocenters. The standard InChI is InChI=1S/C15H24O2Si/c1-18(2,3)13-9-7-8-12-14(13)17-15(16-12)10-5-4-6-11-15/h9H,4-8,10-11H2,1-3H3. The minimum Gasteiger partial charge on any atom is -0.453 e. The third-order valence-electron chi connectivity index (χ3n) is 4.24. The van der Waals surface area contributed by atoms with Crippen LogP contribution in [0.15, 0.2) is 22.8 Å². The lowest BCUT2D eigenvalue weighted by atomic mass is 9.94. The van der Waals surface area contributed by atoms with Gasteiger partial charge in [-0.25, -0.2) is 0 Å². The fraction of sp³-hybridized carbons (Fsp3) is 0.733. The first-order chi connectivity index (χ1) is 8.50. The van der Waals surface area contributed by atoms with Gasteiger partial charge in [0.2, 0.25) is 0 Å². The largest absolute Gasteiger partial charge is 0.453 e. The first kappa shape index (κ1) is 12.3. The molecule has 0 saturated heterocycles. The predicted molar refractivity (Wildman–Crippen MR) is 75.7 cm³/mol. The molecule has 1 saturated carbocycles. The summed E-state index contributed by atoms with van der Waals surface area (Å²) < 4.78 is 12.6. The van der Waals surface area contributed by atoms with Gasteiger partial charge in [-0.15, -0.1) is 0 Å². The lowest BCUT2D eigenvalue weighted by Crippen LogP contribution is -2.34. The molecule has 0 aromatic heterocycles. The van der Waals surface area contributed by atoms with Gasteiger partial charge >= 0.3 is 0 Å². The number of hydrogen-bond acceptors (Lipinski definition) is 2. The molecule has 3 heteroatoms. The van der Waals surface area contributed by atoms with E-state index in [0.717, 1.165) is 37.2 Å². The lowest BCUT2D eigenvalue weighted by molar-refractivity contribution is -0.173. The maximum absolute atomic E-state index is 6.36. The second-order valence-corrected chi connectivity index (χ2v) is 11.9. The average Bonchev–Trinajstić information content (AvgIpc) is 2.65. The summed E-state index contributed by atoms with van der Waals surface area (Å²) in [4.78, 5) is 0. The van der Waals surface area contributed by atoms with Gasteiger partial charge in [0, 0.05) is 19.3 Å². The summed E-state index contributed by atoms with van der Waals surface area (Å²) in [5.41, 5.74) is 0. The average molecular weight is 264 g/mol. The van der Waals surface area contributed by atoms with Crippen LogP contribution in [0.4, 0.5) is 0 Å². The highest BCUT2D eigenvalue weighted by molar-refractivity contribution is 6.84. The van der Waals surface area contributed by atoms with E-state index in [9.17, 15) is 0 Å². The Morgan fingerprint density at radius 3 is 2.44 bits per heavy atom. The molecule has 1 heterocycles. The number of hydrogen-bond donors (Lipinski definition) is 0. The summed E-state index contributed by atoms with van der Waals surface area (Å²) in [7, 11) is -1.32. The van der Waals surface area contributed by atoms with Gasteiger partial charge in [0.05, 0.1) is 8.07 Å². The van der Waals surface area contributed by atoms with Gasteiger partial charge in [-0.3, -0.25) is 0 Å². The van der Waals surface area contributed by atoms with Crippen molar-refractivity contribution in [2.24, 2.45) is 0 Å². The minimum absolute atomic E-state index is 0.286. The Morgan fingerprint density at radius 2 is 1.78 bits per heavy atom. The summed E-state index contributed by atoms with van der Waals surface area (Å²) in [6.45, 7) is 7.18. The zero-order valence-electron chi connectivity index (χ0n) is 11.8. The highest BCUT2D eigenvalue weighted by Gasteiger charge is 2.46. The molecular weight excluding hydrogens is 240 g/mol. The molecule has 18 heavy (non-hydrogen) atoms. The Kier molecular flexibility index (Phi) is 2.85. The van der Waals surface area contributed by atoms with Crippen LogP contribution >= 0.6 is 0 Å². The van der Waals surface area contributed by atoms with Crippen LogP contribution in [0.2, 0.25) is 19.6 Å². The molecule has 3 aliphatic rings. The van der Waals surface area contributed by atoms with Crippen LogP contribution in [0.3, 0.4) is 0 Å². The topological polar surface area (TPSA) is 18.5 Å². The number of rotatable bonds is 1. The molecule has 0 atom stereocenters. The van der Waals surface area contributed by atoms with Crippen LogP contribution in [0.5, 0.6) is 0 Å². The molecule has 0 N–H and O–H groups in total. The third kappa shape index (κ3) is 2.02. The zero-order chi connectivity index (χ0) is 12.8. The Morgan fingerprint density at radius 1 is 1.06 bits per heavy atom. The smallest absolute Gasteiger partial charge is 0.251 e. The molecule has 0 aromatic rings. The quantitative estimate of drug-likeness (QED) is 0.649. The van der Waals surface area contributed by atoms with E-state index in [4.69, 9.17) is 9.47 Å². The van der Waals surface area contributed by atoms with E-state index in [1.54, 1.807) is 0 Å². The molecule has 1 aliphatic heterocycles. The van der Waals surface area contributed by atoms with Crippen LogP contribution in [-0.4, -0.2) is 13.9 Å². The molecule has 2 nitrogen and oxygen atoms in total. The van der Waals surface area contributed by atoms with E-state index in [0.29, 0.717) is 0 Å². The molecule has 100 valence electrons. The fourth-order valence-corrected chi connectivity index (χ4v) is 4.91. The van der Waals surface area contributed by atoms with Gasteiger partial charge in [-0.2, -0.15) is 0 Å². The second kappa shape index (κ2) is 4.15. The zero-order valence-corrected chi connectivity index (χ0v) is 12.8. The van der Waals surface area contributed by atoms with E-state index in [2.05, 4.69) is 25.7 Å². The van der Waals surface area contributed by atoms with Gasteiger partial charge in [0.25, 0.3) is 5.79 Å². The van der Waals surface area contributed by atoms with Crippen LogP contribution in [-0.2, 0) is 9.47 Å². The molecule has 2 aliphatic carbocycles. The molecule has 0 bridgehead atoms. The first-order valence-electron chi connectivity index (χ1n) is 7.32. The van der Waals surface area contributed by atoms with Crippen LogP contribution in [0.25, 0.3) is 0 Å². The summed E-state index contributed by atoms with van der Waals surface area (Å²) in [5.74, 6) is 1.99. The van der Waals surface area contributed by atoms with E-state index in [1.165, 1.54) is 24.5 Å². The molecule has 0 amide bonds. The van der Waals surface area contributed by atoms with E-state index >= 15 is 0 Å². The highest BCUT2D eigenvalue weighted by atomic mass is 28.3. The van der Waals surface area contributed by atoms with E-state index in [1.807, 2.05) is 0 Å². The van der Waals surface area contributed by atoms with Crippen molar-refractivity contribution in [1.82, 2.24) is 0 Å². The summed E-state index contributed by atoms with van der Waals surface area (Å²) in [6.07, 6.45) is 10.5. The maximum atomic E-state index is 6.36. The van der Waals surface area contributed by atoms with Crippen molar-refractivity contribution < 1.29 is 9.47 Å². The summed E-state index contributed by atoms with van der Waals surface area (Å²) in [5, 5.41) is 1.48. The molecule has 0 aromatic carbocycles. The predicted octanol–water partition coefficient (Wildman–Crippen LogP) is 4.50. The lowest BCUT2D eigenvalue weighted by Gasteiger charge is -2.33. The van der Waals surface area contributed by atoms with Crippen molar-refractivity contribution in [1.29, 1.82) is 0 Å².